The second-order valence-electron chi connectivity index (χ2n) is 5.76. The molecule has 0 spiro atoms. The monoisotopic (exact) mass is 428 g/mol. The quantitative estimate of drug-likeness (QED) is 0.556. The number of hydrogen-bond donors (Lipinski definition) is 1. The van der Waals surface area contributed by atoms with E-state index in [0.29, 0.717) is 37.0 Å². The highest BCUT2D eigenvalue weighted by molar-refractivity contribution is 8.01. The fourth-order valence-corrected chi connectivity index (χ4v) is 5.86. The van der Waals surface area contributed by atoms with Crippen LogP contribution in [0.2, 0.25) is 0 Å². The van der Waals surface area contributed by atoms with Crippen molar-refractivity contribution >= 4 is 44.2 Å². The molecule has 1 aliphatic heterocycles. The fourth-order valence-electron chi connectivity index (χ4n) is 2.56. The Labute approximate surface area is 166 Å². The Morgan fingerprint density at radius 2 is 2.07 bits per heavy atom. The van der Waals surface area contributed by atoms with E-state index >= 15 is 0 Å². The van der Waals surface area contributed by atoms with Gasteiger partial charge in [-0.15, -0.1) is 10.2 Å². The minimum atomic E-state index is -3.68. The smallest absolute Gasteiger partial charge is 0.257 e. The number of morpholine rings is 1. The molecular formula is C16H20N4O4S3. The van der Waals surface area contributed by atoms with Gasteiger partial charge in [0.25, 0.3) is 5.91 Å². The van der Waals surface area contributed by atoms with Crippen molar-refractivity contribution < 1.29 is 17.9 Å². The number of nitrogens with one attached hydrogen (secondary N) is 1. The van der Waals surface area contributed by atoms with Crippen molar-refractivity contribution in [2.45, 2.75) is 23.1 Å². The maximum absolute atomic E-state index is 12.9. The summed E-state index contributed by atoms with van der Waals surface area (Å²) in [6, 6.07) is 4.66. The molecule has 11 heteroatoms. The van der Waals surface area contributed by atoms with Crippen molar-refractivity contribution in [1.29, 1.82) is 0 Å². The van der Waals surface area contributed by atoms with Crippen LogP contribution in [0.5, 0.6) is 0 Å². The maximum atomic E-state index is 12.9. The summed E-state index contributed by atoms with van der Waals surface area (Å²) in [5.74, 6) is 0.446. The molecule has 146 valence electrons. The van der Waals surface area contributed by atoms with Crippen LogP contribution in [-0.2, 0) is 14.8 Å². The number of ether oxygens (including phenoxy) is 1. The van der Waals surface area contributed by atoms with Crippen LogP contribution in [0.4, 0.5) is 5.13 Å². The van der Waals surface area contributed by atoms with Gasteiger partial charge in [0.2, 0.25) is 15.2 Å². The SMILES string of the molecule is CCSc1nnc(NC(=O)c2ccc(C)c(S(=O)(=O)N3CCOCC3)c2)s1. The van der Waals surface area contributed by atoms with Crippen molar-refractivity contribution in [3.8, 4) is 0 Å². The Morgan fingerprint density at radius 3 is 2.78 bits per heavy atom. The molecule has 1 aromatic heterocycles. The fraction of sp³-hybridized carbons (Fsp3) is 0.438. The highest BCUT2D eigenvalue weighted by atomic mass is 32.2. The van der Waals surface area contributed by atoms with E-state index < -0.39 is 15.9 Å². The van der Waals surface area contributed by atoms with E-state index in [2.05, 4.69) is 15.5 Å². The highest BCUT2D eigenvalue weighted by Gasteiger charge is 2.28. The maximum Gasteiger partial charge on any atom is 0.257 e. The van der Waals surface area contributed by atoms with E-state index in [-0.39, 0.29) is 10.5 Å². The lowest BCUT2D eigenvalue weighted by Crippen LogP contribution is -2.40. The van der Waals surface area contributed by atoms with Crippen LogP contribution in [0.3, 0.4) is 0 Å². The van der Waals surface area contributed by atoms with Gasteiger partial charge in [-0.25, -0.2) is 8.42 Å². The number of amides is 1. The van der Waals surface area contributed by atoms with Gasteiger partial charge >= 0.3 is 0 Å². The third kappa shape index (κ3) is 4.66. The van der Waals surface area contributed by atoms with Crippen molar-refractivity contribution in [3.05, 3.63) is 29.3 Å². The number of benzene rings is 1. The van der Waals surface area contributed by atoms with E-state index in [9.17, 15) is 13.2 Å². The van der Waals surface area contributed by atoms with Gasteiger partial charge < -0.3 is 4.74 Å². The third-order valence-electron chi connectivity index (χ3n) is 3.93. The summed E-state index contributed by atoms with van der Waals surface area (Å²) in [4.78, 5) is 12.7. The zero-order valence-electron chi connectivity index (χ0n) is 15.0. The van der Waals surface area contributed by atoms with E-state index in [4.69, 9.17) is 4.74 Å². The van der Waals surface area contributed by atoms with Crippen molar-refractivity contribution in [2.75, 3.05) is 37.4 Å². The average Bonchev–Trinajstić information content (AvgIpc) is 3.10. The van der Waals surface area contributed by atoms with Crippen molar-refractivity contribution in [3.63, 3.8) is 0 Å². The van der Waals surface area contributed by atoms with E-state index in [1.165, 1.54) is 21.7 Å². The molecule has 1 N–H and O–H groups in total. The molecule has 2 heterocycles. The number of carbonyl (C=O) groups excluding carboxylic acids is 1. The van der Waals surface area contributed by atoms with Crippen LogP contribution < -0.4 is 5.32 Å². The van der Waals surface area contributed by atoms with Crippen molar-refractivity contribution in [1.82, 2.24) is 14.5 Å². The largest absolute Gasteiger partial charge is 0.379 e. The number of thioether (sulfide) groups is 1. The van der Waals surface area contributed by atoms with Crippen LogP contribution in [0.1, 0.15) is 22.8 Å². The standard InChI is InChI=1S/C16H20N4O4S3/c1-3-25-16-19-18-15(26-16)17-14(21)12-5-4-11(2)13(10-12)27(22,23)20-6-8-24-9-7-20/h4-5,10H,3,6-9H2,1-2H3,(H,17,18,21). The first-order valence-corrected chi connectivity index (χ1v) is 11.6. The van der Waals surface area contributed by atoms with Crippen LogP contribution in [-0.4, -0.2) is 60.9 Å². The summed E-state index contributed by atoms with van der Waals surface area (Å²) in [5, 5.41) is 11.0. The molecule has 1 fully saturated rings. The summed E-state index contributed by atoms with van der Waals surface area (Å²) in [6.07, 6.45) is 0. The number of carbonyl (C=O) groups is 1. The van der Waals surface area contributed by atoms with Gasteiger partial charge in [0.05, 0.1) is 18.1 Å². The lowest BCUT2D eigenvalue weighted by Gasteiger charge is -2.26. The first-order valence-electron chi connectivity index (χ1n) is 8.38. The normalized spacial score (nSPS) is 15.6. The van der Waals surface area contributed by atoms with Gasteiger partial charge in [-0.3, -0.25) is 10.1 Å². The van der Waals surface area contributed by atoms with Gasteiger partial charge in [-0.2, -0.15) is 4.31 Å². The predicted octanol–water partition coefficient (Wildman–Crippen LogP) is 2.23. The van der Waals surface area contributed by atoms with Crippen LogP contribution >= 0.6 is 23.1 Å². The van der Waals surface area contributed by atoms with E-state index in [0.717, 1.165) is 10.1 Å². The minimum absolute atomic E-state index is 0.136. The van der Waals surface area contributed by atoms with E-state index in [1.54, 1.807) is 30.8 Å². The second-order valence-corrected chi connectivity index (χ2v) is 10.2. The molecule has 3 rings (SSSR count). The molecule has 1 amide bonds. The molecule has 8 nitrogen and oxygen atoms in total. The first-order chi connectivity index (χ1) is 12.9. The number of aromatic nitrogens is 2. The van der Waals surface area contributed by atoms with Crippen LogP contribution in [0.25, 0.3) is 0 Å². The molecule has 0 atom stereocenters. The Morgan fingerprint density at radius 1 is 1.33 bits per heavy atom. The Balaban J connectivity index is 1.82. The number of rotatable bonds is 6. The van der Waals surface area contributed by atoms with Gasteiger partial charge in [0.15, 0.2) is 4.34 Å². The van der Waals surface area contributed by atoms with Crippen LogP contribution in [0, 0.1) is 6.92 Å². The molecule has 0 radical (unpaired) electrons. The summed E-state index contributed by atoms with van der Waals surface area (Å²) in [7, 11) is -3.68. The van der Waals surface area contributed by atoms with Crippen LogP contribution in [0.15, 0.2) is 27.4 Å². The summed E-state index contributed by atoms with van der Waals surface area (Å²) < 4.78 is 33.2. The summed E-state index contributed by atoms with van der Waals surface area (Å²) in [6.45, 7) is 5.07. The Bertz CT molecular complexity index is 923. The lowest BCUT2D eigenvalue weighted by atomic mass is 10.1. The average molecular weight is 429 g/mol. The molecule has 1 aromatic carbocycles. The van der Waals surface area contributed by atoms with Gasteiger partial charge in [0, 0.05) is 18.7 Å². The minimum Gasteiger partial charge on any atom is -0.379 e. The Kier molecular flexibility index (Phi) is 6.48. The van der Waals surface area contributed by atoms with E-state index in [1.807, 2.05) is 6.92 Å². The predicted molar refractivity (Wildman–Crippen MR) is 105 cm³/mol. The summed E-state index contributed by atoms with van der Waals surface area (Å²) >= 11 is 2.83. The number of nitrogens with zero attached hydrogens (tertiary/aromatic N) is 3. The third-order valence-corrected chi connectivity index (χ3v) is 7.83. The molecule has 27 heavy (non-hydrogen) atoms. The van der Waals surface area contributed by atoms with Crippen molar-refractivity contribution in [2.24, 2.45) is 0 Å². The zero-order chi connectivity index (χ0) is 19.4. The highest BCUT2D eigenvalue weighted by Crippen LogP contribution is 2.26. The number of aryl methyl sites for hydroxylation is 1. The number of hydrogen-bond acceptors (Lipinski definition) is 8. The topological polar surface area (TPSA) is 101 Å². The molecule has 0 aliphatic carbocycles. The molecule has 0 saturated carbocycles. The molecule has 0 bridgehead atoms. The molecule has 1 aliphatic rings. The molecule has 2 aromatic rings. The molecule has 0 unspecified atom stereocenters. The zero-order valence-corrected chi connectivity index (χ0v) is 17.4. The second kappa shape index (κ2) is 8.65. The lowest BCUT2D eigenvalue weighted by molar-refractivity contribution is 0.0730. The first kappa shape index (κ1) is 20.2. The molecular weight excluding hydrogens is 408 g/mol. The number of sulfonamides is 1. The Hall–Kier alpha value is -1.53. The van der Waals surface area contributed by atoms with Gasteiger partial charge in [0.1, 0.15) is 0 Å². The molecule has 1 saturated heterocycles. The van der Waals surface area contributed by atoms with Gasteiger partial charge in [-0.1, -0.05) is 36.1 Å². The van der Waals surface area contributed by atoms with Gasteiger partial charge in [-0.05, 0) is 30.4 Å². The summed E-state index contributed by atoms with van der Waals surface area (Å²) in [5.41, 5.74) is 0.850. The number of anilines is 1.